The molecule has 0 unspecified atom stereocenters. The summed E-state index contributed by atoms with van der Waals surface area (Å²) in [6, 6.07) is 7.07. The summed E-state index contributed by atoms with van der Waals surface area (Å²) in [5, 5.41) is 22.6. The Morgan fingerprint density at radius 3 is 2.41 bits per heavy atom. The molecule has 3 aromatic rings. The van der Waals surface area contributed by atoms with Crippen LogP contribution in [0.25, 0.3) is 10.9 Å². The molecule has 0 aliphatic carbocycles. The van der Waals surface area contributed by atoms with Gasteiger partial charge in [-0.25, -0.2) is 13.2 Å². The van der Waals surface area contributed by atoms with Crippen LogP contribution in [0.5, 0.6) is 5.75 Å². The van der Waals surface area contributed by atoms with Gasteiger partial charge in [0.1, 0.15) is 23.2 Å². The van der Waals surface area contributed by atoms with Crippen molar-refractivity contribution in [3.63, 3.8) is 0 Å². The minimum atomic E-state index is -0.912. The number of halogens is 3. The van der Waals surface area contributed by atoms with Gasteiger partial charge >= 0.3 is 0 Å². The SMILES string of the molecule is COc1ccc2ncc(N(C)C)c([C@H](O)CCC3(CO)CCN(CCCc4c(F)cc(F)cc4F)CC3)c2c1. The number of methoxy groups -OCH3 is 1. The number of rotatable bonds is 11. The van der Waals surface area contributed by atoms with Crippen molar-refractivity contribution < 1.29 is 28.1 Å². The zero-order valence-corrected chi connectivity index (χ0v) is 22.9. The minimum Gasteiger partial charge on any atom is -0.497 e. The zero-order chi connectivity index (χ0) is 28.2. The summed E-state index contributed by atoms with van der Waals surface area (Å²) < 4.78 is 46.4. The number of piperidine rings is 1. The van der Waals surface area contributed by atoms with Crippen LogP contribution in [-0.4, -0.2) is 67.5 Å². The molecule has 212 valence electrons. The number of benzene rings is 2. The van der Waals surface area contributed by atoms with Gasteiger partial charge < -0.3 is 24.7 Å². The molecule has 9 heteroatoms. The zero-order valence-electron chi connectivity index (χ0n) is 22.9. The van der Waals surface area contributed by atoms with E-state index >= 15 is 0 Å². The Labute approximate surface area is 228 Å². The molecular formula is C30H38F3N3O3. The fourth-order valence-corrected chi connectivity index (χ4v) is 5.63. The van der Waals surface area contributed by atoms with Crippen LogP contribution in [0.2, 0.25) is 0 Å². The van der Waals surface area contributed by atoms with E-state index in [0.29, 0.717) is 31.6 Å². The highest BCUT2D eigenvalue weighted by Gasteiger charge is 2.35. The maximum Gasteiger partial charge on any atom is 0.132 e. The molecule has 1 aliphatic heterocycles. The van der Waals surface area contributed by atoms with Gasteiger partial charge in [-0.15, -0.1) is 0 Å². The number of hydrogen-bond donors (Lipinski definition) is 2. The van der Waals surface area contributed by atoms with Crippen molar-refractivity contribution in [2.24, 2.45) is 5.41 Å². The number of anilines is 1. The lowest BCUT2D eigenvalue weighted by Gasteiger charge is -2.41. The number of hydrogen-bond acceptors (Lipinski definition) is 6. The van der Waals surface area contributed by atoms with Gasteiger partial charge in [-0.05, 0) is 81.8 Å². The number of ether oxygens (including phenoxy) is 1. The molecule has 1 atom stereocenters. The fraction of sp³-hybridized carbons (Fsp3) is 0.500. The normalized spacial score (nSPS) is 16.4. The Bertz CT molecular complexity index is 1260. The van der Waals surface area contributed by atoms with E-state index in [2.05, 4.69) is 9.88 Å². The lowest BCUT2D eigenvalue weighted by atomic mass is 9.74. The quantitative estimate of drug-likeness (QED) is 0.343. The molecule has 1 fully saturated rings. The smallest absolute Gasteiger partial charge is 0.132 e. The maximum absolute atomic E-state index is 13.9. The van der Waals surface area contributed by atoms with E-state index in [-0.39, 0.29) is 24.0 Å². The van der Waals surface area contributed by atoms with Crippen molar-refractivity contribution in [1.29, 1.82) is 0 Å². The fourth-order valence-electron chi connectivity index (χ4n) is 5.63. The second kappa shape index (κ2) is 12.5. The summed E-state index contributed by atoms with van der Waals surface area (Å²) in [6.45, 7) is 2.20. The number of fused-ring (bicyclic) bond motifs is 1. The van der Waals surface area contributed by atoms with E-state index in [1.165, 1.54) is 0 Å². The number of nitrogens with zero attached hydrogens (tertiary/aromatic N) is 3. The molecule has 1 aromatic heterocycles. The second-order valence-corrected chi connectivity index (χ2v) is 10.8. The second-order valence-electron chi connectivity index (χ2n) is 10.8. The maximum atomic E-state index is 13.9. The summed E-state index contributed by atoms with van der Waals surface area (Å²) in [6.07, 6.45) is 4.45. The molecule has 2 heterocycles. The minimum absolute atomic E-state index is 0.0328. The van der Waals surface area contributed by atoms with Crippen molar-refractivity contribution in [1.82, 2.24) is 9.88 Å². The van der Waals surface area contributed by atoms with Crippen LogP contribution in [-0.2, 0) is 6.42 Å². The Hall–Kier alpha value is -2.88. The average Bonchev–Trinajstić information content (AvgIpc) is 2.92. The third-order valence-electron chi connectivity index (χ3n) is 8.12. The number of likely N-dealkylation sites (tertiary alicyclic amines) is 1. The third kappa shape index (κ3) is 6.65. The molecule has 6 nitrogen and oxygen atoms in total. The Balaban J connectivity index is 1.38. The summed E-state index contributed by atoms with van der Waals surface area (Å²) >= 11 is 0. The van der Waals surface area contributed by atoms with Gasteiger partial charge in [0.2, 0.25) is 0 Å². The van der Waals surface area contributed by atoms with Gasteiger partial charge in [0.05, 0.1) is 30.6 Å². The summed E-state index contributed by atoms with van der Waals surface area (Å²) in [7, 11) is 5.45. The number of aromatic nitrogens is 1. The average molecular weight is 546 g/mol. The standard InChI is InChI=1S/C30H38F3N3O3/c1-35(2)27-18-34-26-7-6-21(39-3)17-23(26)29(27)28(38)8-9-30(19-37)10-13-36(14-11-30)12-4-5-22-24(32)15-20(31)16-25(22)33/h6-7,15-18,28,37-38H,4-5,8-14,19H2,1-3H3/t28-/m1/s1. The summed E-state index contributed by atoms with van der Waals surface area (Å²) in [5.74, 6) is -1.91. The monoisotopic (exact) mass is 545 g/mol. The van der Waals surface area contributed by atoms with Crippen LogP contribution in [0.1, 0.15) is 49.3 Å². The molecule has 4 rings (SSSR count). The predicted molar refractivity (Wildman–Crippen MR) is 147 cm³/mol. The van der Waals surface area contributed by atoms with E-state index in [0.717, 1.165) is 60.2 Å². The van der Waals surface area contributed by atoms with Gasteiger partial charge in [0.15, 0.2) is 0 Å². The summed E-state index contributed by atoms with van der Waals surface area (Å²) in [4.78, 5) is 8.73. The lowest BCUT2D eigenvalue weighted by molar-refractivity contribution is 0.0234. The van der Waals surface area contributed by atoms with E-state index in [1.54, 1.807) is 13.3 Å². The molecule has 0 radical (unpaired) electrons. The Kier molecular flexibility index (Phi) is 9.35. The van der Waals surface area contributed by atoms with Crippen LogP contribution < -0.4 is 9.64 Å². The van der Waals surface area contributed by atoms with Gasteiger partial charge in [-0.3, -0.25) is 4.98 Å². The highest BCUT2D eigenvalue weighted by Crippen LogP contribution is 2.41. The van der Waals surface area contributed by atoms with Gasteiger partial charge in [0, 0.05) is 49.3 Å². The molecule has 0 amide bonds. The molecule has 39 heavy (non-hydrogen) atoms. The van der Waals surface area contributed by atoms with Crippen molar-refractivity contribution in [3.05, 3.63) is 65.1 Å². The number of aliphatic hydroxyl groups excluding tert-OH is 2. The number of pyridine rings is 1. The van der Waals surface area contributed by atoms with Gasteiger partial charge in [-0.2, -0.15) is 0 Å². The van der Waals surface area contributed by atoms with Gasteiger partial charge in [0.25, 0.3) is 0 Å². The van der Waals surface area contributed by atoms with Crippen LogP contribution in [0.4, 0.5) is 18.9 Å². The molecule has 0 spiro atoms. The van der Waals surface area contributed by atoms with Crippen LogP contribution in [0.3, 0.4) is 0 Å². The first-order valence-electron chi connectivity index (χ1n) is 13.4. The predicted octanol–water partition coefficient (Wildman–Crippen LogP) is 5.25. The molecule has 1 saturated heterocycles. The van der Waals surface area contributed by atoms with Crippen molar-refractivity contribution in [3.8, 4) is 5.75 Å². The molecule has 2 aromatic carbocycles. The highest BCUT2D eigenvalue weighted by atomic mass is 19.1. The largest absolute Gasteiger partial charge is 0.497 e. The van der Waals surface area contributed by atoms with Crippen molar-refractivity contribution in [2.75, 3.05) is 52.3 Å². The molecule has 2 N–H and O–H groups in total. The molecule has 0 saturated carbocycles. The lowest BCUT2D eigenvalue weighted by Crippen LogP contribution is -2.42. The van der Waals surface area contributed by atoms with Crippen LogP contribution >= 0.6 is 0 Å². The number of aliphatic hydroxyl groups is 2. The molecular weight excluding hydrogens is 507 g/mol. The van der Waals surface area contributed by atoms with Crippen LogP contribution in [0, 0.1) is 22.9 Å². The van der Waals surface area contributed by atoms with E-state index < -0.39 is 23.6 Å². The Morgan fingerprint density at radius 1 is 1.10 bits per heavy atom. The van der Waals surface area contributed by atoms with E-state index in [4.69, 9.17) is 4.74 Å². The summed E-state index contributed by atoms with van der Waals surface area (Å²) in [5.41, 5.74) is 2.04. The Morgan fingerprint density at radius 2 is 1.79 bits per heavy atom. The van der Waals surface area contributed by atoms with Crippen molar-refractivity contribution >= 4 is 16.6 Å². The van der Waals surface area contributed by atoms with E-state index in [1.807, 2.05) is 37.2 Å². The first kappa shape index (κ1) is 29.1. The third-order valence-corrected chi connectivity index (χ3v) is 8.12. The molecule has 0 bridgehead atoms. The topological polar surface area (TPSA) is 69.1 Å². The highest BCUT2D eigenvalue weighted by molar-refractivity contribution is 5.88. The molecule has 1 aliphatic rings. The van der Waals surface area contributed by atoms with Gasteiger partial charge in [-0.1, -0.05) is 0 Å². The first-order valence-corrected chi connectivity index (χ1v) is 13.4. The van der Waals surface area contributed by atoms with Crippen molar-refractivity contribution in [2.45, 2.75) is 44.6 Å². The van der Waals surface area contributed by atoms with E-state index in [9.17, 15) is 23.4 Å². The van der Waals surface area contributed by atoms with Crippen LogP contribution in [0.15, 0.2) is 36.5 Å². The first-order chi connectivity index (χ1) is 18.7.